The number of nitro groups is 1. The summed E-state index contributed by atoms with van der Waals surface area (Å²) in [6.07, 6.45) is 1.27. The maximum Gasteiger partial charge on any atom is 0.425 e. The summed E-state index contributed by atoms with van der Waals surface area (Å²) in [5, 5.41) is 22.1. The Labute approximate surface area is 65.0 Å². The van der Waals surface area contributed by atoms with Crippen LogP contribution < -0.4 is 5.73 Å². The highest BCUT2D eigenvalue weighted by Gasteiger charge is 2.09. The predicted molar refractivity (Wildman–Crippen MR) is 36.6 cm³/mol. The zero-order valence-corrected chi connectivity index (χ0v) is 5.98. The van der Waals surface area contributed by atoms with E-state index >= 15 is 0 Å². The molecule has 0 aromatic carbocycles. The number of nitrogen functional groups attached to an aromatic ring is 1. The van der Waals surface area contributed by atoms with Crippen LogP contribution in [0.2, 0.25) is 0 Å². The van der Waals surface area contributed by atoms with E-state index in [-0.39, 0.29) is 5.13 Å². The van der Waals surface area contributed by atoms with Crippen molar-refractivity contribution in [3.63, 3.8) is 0 Å². The van der Waals surface area contributed by atoms with Gasteiger partial charge in [-0.1, -0.05) is 0 Å². The Kier molecular flexibility index (Phi) is 3.47. The second kappa shape index (κ2) is 4.13. The van der Waals surface area contributed by atoms with E-state index in [4.69, 9.17) is 16.5 Å². The number of nitrogens with two attached hydrogens (primary N) is 1. The summed E-state index contributed by atoms with van der Waals surface area (Å²) in [5.41, 5.74) is 5.17. The molecule has 0 saturated heterocycles. The third-order valence-corrected chi connectivity index (χ3v) is 1.45. The van der Waals surface area contributed by atoms with Crippen molar-refractivity contribution in [1.82, 2.24) is 4.98 Å². The molecule has 7 nitrogen and oxygen atoms in total. The molecule has 1 heterocycles. The Bertz CT molecular complexity index is 268. The molecule has 0 aliphatic carbocycles. The van der Waals surface area contributed by atoms with Crippen LogP contribution in [0, 0.1) is 20.9 Å². The molecule has 1 rings (SSSR count). The van der Waals surface area contributed by atoms with E-state index < -0.39 is 4.92 Å². The Balaban J connectivity index is 0.000000461. The molecule has 2 N–H and O–H groups in total. The van der Waals surface area contributed by atoms with Crippen LogP contribution in [0.25, 0.3) is 0 Å². The van der Waals surface area contributed by atoms with Gasteiger partial charge in [0, 0.05) is 10.8 Å². The number of anilines is 1. The fourth-order valence-corrected chi connectivity index (χ4v) is 0.858. The summed E-state index contributed by atoms with van der Waals surface area (Å²) < 4.78 is 0. The topological polar surface area (TPSA) is 130 Å². The zero-order chi connectivity index (χ0) is 8.85. The van der Waals surface area contributed by atoms with Crippen molar-refractivity contribution in [2.75, 3.05) is 5.73 Å². The molecule has 0 bridgehead atoms. The maximum atomic E-state index is 9.91. The van der Waals surface area contributed by atoms with Crippen LogP contribution in [0.4, 0.5) is 10.1 Å². The lowest BCUT2D eigenvalue weighted by atomic mass is 10.9. The van der Waals surface area contributed by atoms with Crippen molar-refractivity contribution in [2.45, 2.75) is 0 Å². The Hall–Kier alpha value is -1.75. The van der Waals surface area contributed by atoms with Crippen LogP contribution >= 0.6 is 11.3 Å². The molecule has 0 spiro atoms. The summed E-state index contributed by atoms with van der Waals surface area (Å²) in [4.78, 5) is 12.8. The molecule has 0 aliphatic heterocycles. The maximum absolute atomic E-state index is 9.91. The minimum absolute atomic E-state index is 0.160. The van der Waals surface area contributed by atoms with Crippen molar-refractivity contribution in [3.05, 3.63) is 16.3 Å². The van der Waals surface area contributed by atoms with E-state index in [1.165, 1.54) is 6.20 Å². The summed E-state index contributed by atoms with van der Waals surface area (Å²) in [5.74, 6) is 0. The monoisotopic (exact) mass is 173 g/mol. The molecule has 11 heavy (non-hydrogen) atoms. The molecular formula is C3H3N5O2S. The van der Waals surface area contributed by atoms with Gasteiger partial charge in [-0.25, -0.2) is 0 Å². The SMILES string of the molecule is N#N.Nc1cnc([N+](=O)[O-])s1. The molecule has 0 atom stereocenters. The van der Waals surface area contributed by atoms with Gasteiger partial charge in [0.25, 0.3) is 0 Å². The third-order valence-electron chi connectivity index (χ3n) is 0.668. The van der Waals surface area contributed by atoms with E-state index in [0.29, 0.717) is 5.00 Å². The number of rotatable bonds is 1. The van der Waals surface area contributed by atoms with Gasteiger partial charge in [-0.15, -0.1) is 0 Å². The summed E-state index contributed by atoms with van der Waals surface area (Å²) >= 11 is 0.863. The van der Waals surface area contributed by atoms with Gasteiger partial charge in [-0.05, 0) is 21.2 Å². The predicted octanol–water partition coefficient (Wildman–Crippen LogP) is 0.664. The Morgan fingerprint density at radius 2 is 2.27 bits per heavy atom. The van der Waals surface area contributed by atoms with Crippen LogP contribution in [-0.2, 0) is 0 Å². The molecule has 0 aliphatic rings. The quantitative estimate of drug-likeness (QED) is 0.377. The molecule has 0 radical (unpaired) electrons. The highest BCUT2D eigenvalue weighted by Crippen LogP contribution is 2.20. The first kappa shape index (κ1) is 9.25. The molecule has 1 aromatic rings. The van der Waals surface area contributed by atoms with Crippen LogP contribution in [0.15, 0.2) is 6.20 Å². The normalized spacial score (nSPS) is 7.82. The van der Waals surface area contributed by atoms with Crippen molar-refractivity contribution >= 4 is 21.5 Å². The lowest BCUT2D eigenvalue weighted by Gasteiger charge is -1.81. The van der Waals surface area contributed by atoms with Crippen LogP contribution in [0.1, 0.15) is 0 Å². The van der Waals surface area contributed by atoms with Gasteiger partial charge < -0.3 is 15.8 Å². The standard InChI is InChI=1S/C3H3N3O2S.N2/c4-2-1-5-3(9-2)6(7)8;1-2/h1H,4H2;. The smallest absolute Gasteiger partial charge is 0.387 e. The minimum Gasteiger partial charge on any atom is -0.387 e. The molecule has 0 unspecified atom stereocenters. The van der Waals surface area contributed by atoms with Crippen LogP contribution in [-0.4, -0.2) is 9.91 Å². The minimum atomic E-state index is -0.568. The Morgan fingerprint density at radius 3 is 2.45 bits per heavy atom. The van der Waals surface area contributed by atoms with Gasteiger partial charge in [0.2, 0.25) is 0 Å². The van der Waals surface area contributed by atoms with Crippen LogP contribution in [0.5, 0.6) is 0 Å². The number of aromatic nitrogens is 1. The molecule has 1 aromatic heterocycles. The third kappa shape index (κ3) is 2.55. The second-order valence-electron chi connectivity index (χ2n) is 1.30. The van der Waals surface area contributed by atoms with Gasteiger partial charge >= 0.3 is 5.13 Å². The average molecular weight is 173 g/mol. The summed E-state index contributed by atoms with van der Waals surface area (Å²) in [7, 11) is 0. The number of thiazole rings is 1. The van der Waals surface area contributed by atoms with Crippen molar-refractivity contribution < 1.29 is 4.92 Å². The number of nitrogens with zero attached hydrogens (tertiary/aromatic N) is 4. The first-order valence-corrected chi connectivity index (χ1v) is 3.07. The Morgan fingerprint density at radius 1 is 1.73 bits per heavy atom. The summed E-state index contributed by atoms with van der Waals surface area (Å²) in [6, 6.07) is 0. The van der Waals surface area contributed by atoms with E-state index in [1.807, 2.05) is 0 Å². The van der Waals surface area contributed by atoms with Gasteiger partial charge in [0.15, 0.2) is 6.20 Å². The lowest BCUT2D eigenvalue weighted by Crippen LogP contribution is -1.83. The number of hydrogen-bond acceptors (Lipinski definition) is 7. The van der Waals surface area contributed by atoms with E-state index in [1.54, 1.807) is 0 Å². The molecular weight excluding hydrogens is 170 g/mol. The fraction of sp³-hybridized carbons (Fsp3) is 0. The van der Waals surface area contributed by atoms with Gasteiger partial charge in [0.05, 0.1) is 0 Å². The largest absolute Gasteiger partial charge is 0.425 e. The highest BCUT2D eigenvalue weighted by atomic mass is 32.1. The van der Waals surface area contributed by atoms with E-state index in [2.05, 4.69) is 4.98 Å². The van der Waals surface area contributed by atoms with Gasteiger partial charge in [-0.2, -0.15) is 0 Å². The van der Waals surface area contributed by atoms with Crippen molar-refractivity contribution in [3.8, 4) is 0 Å². The highest BCUT2D eigenvalue weighted by molar-refractivity contribution is 7.18. The summed E-state index contributed by atoms with van der Waals surface area (Å²) in [6.45, 7) is 0. The second-order valence-corrected chi connectivity index (χ2v) is 2.34. The molecule has 58 valence electrons. The van der Waals surface area contributed by atoms with Gasteiger partial charge in [-0.3, -0.25) is 0 Å². The molecule has 0 fully saturated rings. The van der Waals surface area contributed by atoms with Crippen molar-refractivity contribution in [2.24, 2.45) is 0 Å². The molecule has 0 saturated carbocycles. The lowest BCUT2D eigenvalue weighted by molar-refractivity contribution is -0.384. The zero-order valence-electron chi connectivity index (χ0n) is 5.17. The van der Waals surface area contributed by atoms with E-state index in [0.717, 1.165) is 11.3 Å². The van der Waals surface area contributed by atoms with Crippen molar-refractivity contribution in [1.29, 1.82) is 10.8 Å². The fourth-order valence-electron chi connectivity index (χ4n) is 0.361. The first-order chi connectivity index (χ1) is 5.20. The first-order valence-electron chi connectivity index (χ1n) is 2.26. The van der Waals surface area contributed by atoms with Crippen LogP contribution in [0.3, 0.4) is 0 Å². The number of hydrogen-bond donors (Lipinski definition) is 1. The molecule has 8 heteroatoms. The van der Waals surface area contributed by atoms with E-state index in [9.17, 15) is 10.1 Å². The average Bonchev–Trinajstić information content (AvgIpc) is 2.40. The van der Waals surface area contributed by atoms with Gasteiger partial charge in [0.1, 0.15) is 5.00 Å². The molecule has 0 amide bonds.